The fourth-order valence-electron chi connectivity index (χ4n) is 2.32. The fourth-order valence-corrected chi connectivity index (χ4v) is 4.44. The summed E-state index contributed by atoms with van der Waals surface area (Å²) in [6.45, 7) is 0.451. The van der Waals surface area contributed by atoms with Crippen LogP contribution in [0.3, 0.4) is 0 Å². The van der Waals surface area contributed by atoms with Gasteiger partial charge in [-0.25, -0.2) is 8.42 Å². The first-order valence-corrected chi connectivity index (χ1v) is 8.46. The molecule has 0 bridgehead atoms. The maximum Gasteiger partial charge on any atom is 0.152 e. The SMILES string of the molecule is CN(c1cc(Br)ccc1CN)C1CCS(=O)(=O)C1. The lowest BCUT2D eigenvalue weighted by molar-refractivity contribution is 0.601. The van der Waals surface area contributed by atoms with Crippen LogP contribution in [0.5, 0.6) is 0 Å². The van der Waals surface area contributed by atoms with Gasteiger partial charge >= 0.3 is 0 Å². The highest BCUT2D eigenvalue weighted by atomic mass is 79.9. The van der Waals surface area contributed by atoms with Crippen LogP contribution in [0.2, 0.25) is 0 Å². The van der Waals surface area contributed by atoms with Crippen LogP contribution in [0.25, 0.3) is 0 Å². The molecule has 1 aliphatic rings. The van der Waals surface area contributed by atoms with Gasteiger partial charge in [0, 0.05) is 29.8 Å². The van der Waals surface area contributed by atoms with E-state index in [4.69, 9.17) is 5.73 Å². The number of sulfone groups is 1. The minimum Gasteiger partial charge on any atom is -0.370 e. The molecule has 0 amide bonds. The monoisotopic (exact) mass is 332 g/mol. The Morgan fingerprint density at radius 2 is 2.22 bits per heavy atom. The van der Waals surface area contributed by atoms with Crippen LogP contribution in [-0.2, 0) is 16.4 Å². The summed E-state index contributed by atoms with van der Waals surface area (Å²) in [7, 11) is -0.926. The molecule has 1 atom stereocenters. The maximum absolute atomic E-state index is 11.5. The van der Waals surface area contributed by atoms with E-state index in [0.29, 0.717) is 13.0 Å². The van der Waals surface area contributed by atoms with E-state index in [-0.39, 0.29) is 17.5 Å². The molecule has 6 heteroatoms. The Kier molecular flexibility index (Phi) is 3.99. The van der Waals surface area contributed by atoms with Gasteiger partial charge in [-0.1, -0.05) is 22.0 Å². The van der Waals surface area contributed by atoms with Crippen LogP contribution in [-0.4, -0.2) is 33.0 Å². The topological polar surface area (TPSA) is 63.4 Å². The van der Waals surface area contributed by atoms with E-state index < -0.39 is 9.84 Å². The van der Waals surface area contributed by atoms with Crippen molar-refractivity contribution in [2.45, 2.75) is 19.0 Å². The number of hydrogen-bond donors (Lipinski definition) is 1. The van der Waals surface area contributed by atoms with E-state index in [1.54, 1.807) is 0 Å². The third kappa shape index (κ3) is 2.87. The molecule has 0 saturated carbocycles. The average Bonchev–Trinajstić information content (AvgIpc) is 2.68. The van der Waals surface area contributed by atoms with Gasteiger partial charge in [-0.2, -0.15) is 0 Å². The lowest BCUT2D eigenvalue weighted by Crippen LogP contribution is -2.33. The van der Waals surface area contributed by atoms with Gasteiger partial charge in [0.1, 0.15) is 0 Å². The molecule has 100 valence electrons. The molecule has 1 saturated heterocycles. The van der Waals surface area contributed by atoms with Crippen molar-refractivity contribution < 1.29 is 8.42 Å². The van der Waals surface area contributed by atoms with Crippen molar-refractivity contribution in [1.82, 2.24) is 0 Å². The van der Waals surface area contributed by atoms with E-state index in [9.17, 15) is 8.42 Å². The van der Waals surface area contributed by atoms with Crippen LogP contribution in [0.4, 0.5) is 5.69 Å². The van der Waals surface area contributed by atoms with Gasteiger partial charge in [-0.3, -0.25) is 0 Å². The molecule has 2 N–H and O–H groups in total. The number of nitrogens with two attached hydrogens (primary N) is 1. The lowest BCUT2D eigenvalue weighted by Gasteiger charge is -2.28. The largest absolute Gasteiger partial charge is 0.370 e. The predicted octanol–water partition coefficient (Wildman–Crippen LogP) is 1.53. The Hall–Kier alpha value is -0.590. The number of rotatable bonds is 3. The summed E-state index contributed by atoms with van der Waals surface area (Å²) in [4.78, 5) is 2.04. The van der Waals surface area contributed by atoms with Gasteiger partial charge in [-0.05, 0) is 24.1 Å². The van der Waals surface area contributed by atoms with Gasteiger partial charge in [0.2, 0.25) is 0 Å². The zero-order valence-electron chi connectivity index (χ0n) is 10.3. The number of anilines is 1. The highest BCUT2D eigenvalue weighted by molar-refractivity contribution is 9.10. The molecule has 1 fully saturated rings. The number of benzene rings is 1. The summed E-state index contributed by atoms with van der Waals surface area (Å²) in [5.41, 5.74) is 7.77. The summed E-state index contributed by atoms with van der Waals surface area (Å²) in [5.74, 6) is 0.522. The predicted molar refractivity (Wildman–Crippen MR) is 77.5 cm³/mol. The normalized spacial score (nSPS) is 22.1. The third-order valence-corrected chi connectivity index (χ3v) is 5.65. The second kappa shape index (κ2) is 5.19. The molecule has 2 rings (SSSR count). The smallest absolute Gasteiger partial charge is 0.152 e. The van der Waals surface area contributed by atoms with Gasteiger partial charge in [-0.15, -0.1) is 0 Å². The Labute approximate surface area is 116 Å². The molecule has 1 aromatic carbocycles. The Bertz CT molecular complexity index is 545. The van der Waals surface area contributed by atoms with E-state index in [2.05, 4.69) is 15.9 Å². The summed E-state index contributed by atoms with van der Waals surface area (Å²) >= 11 is 3.44. The molecule has 0 aliphatic carbocycles. The summed E-state index contributed by atoms with van der Waals surface area (Å²) < 4.78 is 24.0. The first-order valence-electron chi connectivity index (χ1n) is 5.85. The third-order valence-electron chi connectivity index (χ3n) is 3.40. The van der Waals surface area contributed by atoms with E-state index in [1.807, 2.05) is 30.1 Å². The Morgan fingerprint density at radius 3 is 2.78 bits per heavy atom. The van der Waals surface area contributed by atoms with Crippen molar-refractivity contribution in [2.24, 2.45) is 5.73 Å². The summed E-state index contributed by atoms with van der Waals surface area (Å²) in [6, 6.07) is 5.96. The summed E-state index contributed by atoms with van der Waals surface area (Å²) in [6.07, 6.45) is 0.690. The van der Waals surface area contributed by atoms with Crippen LogP contribution >= 0.6 is 15.9 Å². The van der Waals surface area contributed by atoms with Gasteiger partial charge in [0.25, 0.3) is 0 Å². The lowest BCUT2D eigenvalue weighted by atomic mass is 10.1. The zero-order valence-corrected chi connectivity index (χ0v) is 12.7. The van der Waals surface area contributed by atoms with Crippen LogP contribution < -0.4 is 10.6 Å². The molecule has 0 radical (unpaired) electrons. The molecule has 1 heterocycles. The van der Waals surface area contributed by atoms with Crippen molar-refractivity contribution in [3.8, 4) is 0 Å². The standard InChI is InChI=1S/C12H17BrN2O2S/c1-15(11-4-5-18(16,17)8-11)12-6-10(13)3-2-9(12)7-14/h2-3,6,11H,4-5,7-8,14H2,1H3. The highest BCUT2D eigenvalue weighted by Crippen LogP contribution is 2.28. The zero-order chi connectivity index (χ0) is 13.3. The number of nitrogens with zero attached hydrogens (tertiary/aromatic N) is 1. The molecule has 0 spiro atoms. The number of halogens is 1. The second-order valence-electron chi connectivity index (χ2n) is 4.64. The van der Waals surface area contributed by atoms with Crippen LogP contribution in [0.15, 0.2) is 22.7 Å². The molecule has 18 heavy (non-hydrogen) atoms. The second-order valence-corrected chi connectivity index (χ2v) is 7.79. The quantitative estimate of drug-likeness (QED) is 0.911. The average molecular weight is 333 g/mol. The molecule has 1 unspecified atom stereocenters. The molecule has 4 nitrogen and oxygen atoms in total. The Morgan fingerprint density at radius 1 is 1.50 bits per heavy atom. The molecule has 1 aliphatic heterocycles. The number of hydrogen-bond acceptors (Lipinski definition) is 4. The summed E-state index contributed by atoms with van der Waals surface area (Å²) in [5, 5.41) is 0. The van der Waals surface area contributed by atoms with Gasteiger partial charge < -0.3 is 10.6 Å². The van der Waals surface area contributed by atoms with Crippen LogP contribution in [0.1, 0.15) is 12.0 Å². The fraction of sp³-hybridized carbons (Fsp3) is 0.500. The highest BCUT2D eigenvalue weighted by Gasteiger charge is 2.31. The molecular weight excluding hydrogens is 316 g/mol. The van der Waals surface area contributed by atoms with Crippen molar-refractivity contribution in [3.63, 3.8) is 0 Å². The first-order chi connectivity index (χ1) is 8.43. The minimum absolute atomic E-state index is 0.0506. The van der Waals surface area contributed by atoms with Crippen molar-refractivity contribution in [3.05, 3.63) is 28.2 Å². The van der Waals surface area contributed by atoms with Gasteiger partial charge in [0.15, 0.2) is 9.84 Å². The van der Waals surface area contributed by atoms with Crippen molar-refractivity contribution in [2.75, 3.05) is 23.5 Å². The molecule has 1 aromatic rings. The van der Waals surface area contributed by atoms with Crippen molar-refractivity contribution in [1.29, 1.82) is 0 Å². The van der Waals surface area contributed by atoms with Crippen LogP contribution in [0, 0.1) is 0 Å². The Balaban J connectivity index is 2.28. The van der Waals surface area contributed by atoms with E-state index in [1.165, 1.54) is 0 Å². The van der Waals surface area contributed by atoms with Crippen molar-refractivity contribution >= 4 is 31.5 Å². The van der Waals surface area contributed by atoms with E-state index >= 15 is 0 Å². The van der Waals surface area contributed by atoms with E-state index in [0.717, 1.165) is 15.7 Å². The molecular formula is C12H17BrN2O2S. The van der Waals surface area contributed by atoms with Gasteiger partial charge in [0.05, 0.1) is 11.5 Å². The molecule has 0 aromatic heterocycles. The minimum atomic E-state index is -2.86. The first kappa shape index (κ1) is 13.8. The maximum atomic E-state index is 11.5.